The standard InChI is InChI=1S/C19H26Cl2/c1-18-9-7-13(20)11-12(18)3-4-14-15-5-6-17(21)19(15,2)10-8-16(14)18/h3,6,13-16H,4-5,7-11H2,1-2H3/t13-,14-,15-,16-,18+,19+/m1/s1. The van der Waals surface area contributed by atoms with Crippen molar-refractivity contribution in [2.75, 3.05) is 0 Å². The fraction of sp³-hybridized carbons (Fsp3) is 0.789. The van der Waals surface area contributed by atoms with Crippen molar-refractivity contribution < 1.29 is 0 Å². The van der Waals surface area contributed by atoms with Crippen LogP contribution < -0.4 is 0 Å². The number of rotatable bonds is 0. The molecule has 0 aliphatic heterocycles. The average Bonchev–Trinajstić information content (AvgIpc) is 2.76. The van der Waals surface area contributed by atoms with Gasteiger partial charge in [0.05, 0.1) is 0 Å². The number of hydrogen-bond donors (Lipinski definition) is 0. The van der Waals surface area contributed by atoms with Crippen LogP contribution in [0, 0.1) is 28.6 Å². The predicted molar refractivity (Wildman–Crippen MR) is 90.7 cm³/mol. The molecule has 2 saturated carbocycles. The minimum absolute atomic E-state index is 0.272. The highest BCUT2D eigenvalue weighted by Crippen LogP contribution is 2.65. The molecule has 0 aromatic carbocycles. The number of alkyl halides is 1. The third-order valence-corrected chi connectivity index (χ3v) is 8.49. The van der Waals surface area contributed by atoms with Gasteiger partial charge >= 0.3 is 0 Å². The molecule has 0 heterocycles. The summed E-state index contributed by atoms with van der Waals surface area (Å²) in [7, 11) is 0. The third-order valence-electron chi connectivity index (χ3n) is 7.53. The molecule has 0 bridgehead atoms. The molecule has 2 fully saturated rings. The molecule has 4 aliphatic rings. The van der Waals surface area contributed by atoms with Crippen molar-refractivity contribution >= 4 is 23.2 Å². The van der Waals surface area contributed by atoms with Gasteiger partial charge in [-0.1, -0.05) is 43.2 Å². The SMILES string of the molecule is C[C@]12CC[C@@H](Cl)CC1=CC[C@H]1[C@H]2CC[C@]2(C)C(Cl)=CC[C@H]12. The Balaban J connectivity index is 1.68. The Labute approximate surface area is 139 Å². The van der Waals surface area contributed by atoms with Gasteiger partial charge in [0.1, 0.15) is 0 Å². The van der Waals surface area contributed by atoms with Gasteiger partial charge in [0, 0.05) is 15.8 Å². The molecule has 0 N–H and O–H groups in total. The Hall–Kier alpha value is 0.0600. The zero-order valence-corrected chi connectivity index (χ0v) is 14.7. The molecule has 0 unspecified atom stereocenters. The Morgan fingerprint density at radius 1 is 1.00 bits per heavy atom. The highest BCUT2D eigenvalue weighted by Gasteiger charge is 2.56. The van der Waals surface area contributed by atoms with E-state index in [9.17, 15) is 0 Å². The zero-order valence-electron chi connectivity index (χ0n) is 13.2. The van der Waals surface area contributed by atoms with Crippen molar-refractivity contribution in [3.63, 3.8) is 0 Å². The summed E-state index contributed by atoms with van der Waals surface area (Å²) < 4.78 is 0. The van der Waals surface area contributed by atoms with Crippen LogP contribution in [0.15, 0.2) is 22.8 Å². The Morgan fingerprint density at radius 2 is 1.76 bits per heavy atom. The molecule has 0 spiro atoms. The summed E-state index contributed by atoms with van der Waals surface area (Å²) in [6.07, 6.45) is 13.6. The van der Waals surface area contributed by atoms with E-state index in [0.29, 0.717) is 10.8 Å². The molecule has 0 nitrogen and oxygen atoms in total. The van der Waals surface area contributed by atoms with Crippen LogP contribution in [0.2, 0.25) is 0 Å². The first-order valence-electron chi connectivity index (χ1n) is 8.65. The summed E-state index contributed by atoms with van der Waals surface area (Å²) in [4.78, 5) is 0. The molecule has 0 radical (unpaired) electrons. The largest absolute Gasteiger partial charge is 0.123 e. The van der Waals surface area contributed by atoms with Crippen LogP contribution in [0.1, 0.15) is 58.8 Å². The van der Waals surface area contributed by atoms with Crippen LogP contribution in [0.25, 0.3) is 0 Å². The molecule has 4 aliphatic carbocycles. The minimum atomic E-state index is 0.272. The number of fused-ring (bicyclic) bond motifs is 5. The van der Waals surface area contributed by atoms with Crippen LogP contribution in [0.4, 0.5) is 0 Å². The van der Waals surface area contributed by atoms with E-state index in [1.165, 1.54) is 38.5 Å². The molecular weight excluding hydrogens is 299 g/mol. The second-order valence-corrected chi connectivity index (χ2v) is 9.37. The molecule has 0 aromatic heterocycles. The smallest absolute Gasteiger partial charge is 0.0373 e. The first-order valence-corrected chi connectivity index (χ1v) is 9.46. The van der Waals surface area contributed by atoms with Gasteiger partial charge in [-0.3, -0.25) is 0 Å². The molecule has 4 rings (SSSR count). The van der Waals surface area contributed by atoms with Gasteiger partial charge in [0.15, 0.2) is 0 Å². The van der Waals surface area contributed by atoms with Crippen LogP contribution in [0.3, 0.4) is 0 Å². The van der Waals surface area contributed by atoms with Crippen LogP contribution >= 0.6 is 23.2 Å². The van der Waals surface area contributed by atoms with Gasteiger partial charge in [-0.2, -0.15) is 0 Å². The van der Waals surface area contributed by atoms with Crippen molar-refractivity contribution in [2.24, 2.45) is 28.6 Å². The maximum absolute atomic E-state index is 6.58. The van der Waals surface area contributed by atoms with Crippen molar-refractivity contribution in [3.8, 4) is 0 Å². The van der Waals surface area contributed by atoms with E-state index in [0.717, 1.165) is 29.2 Å². The second kappa shape index (κ2) is 4.78. The van der Waals surface area contributed by atoms with E-state index in [1.54, 1.807) is 5.57 Å². The molecular formula is C19H26Cl2. The van der Waals surface area contributed by atoms with E-state index in [-0.39, 0.29) is 5.41 Å². The van der Waals surface area contributed by atoms with Gasteiger partial charge in [-0.05, 0) is 68.1 Å². The summed E-state index contributed by atoms with van der Waals surface area (Å²) >= 11 is 13.0. The van der Waals surface area contributed by atoms with Crippen molar-refractivity contribution in [1.29, 1.82) is 0 Å². The summed E-state index contributed by atoms with van der Waals surface area (Å²) in [5.74, 6) is 2.46. The highest BCUT2D eigenvalue weighted by atomic mass is 35.5. The lowest BCUT2D eigenvalue weighted by Crippen LogP contribution is -2.49. The van der Waals surface area contributed by atoms with Crippen LogP contribution in [0.5, 0.6) is 0 Å². The average molecular weight is 325 g/mol. The molecule has 0 saturated heterocycles. The van der Waals surface area contributed by atoms with Gasteiger partial charge < -0.3 is 0 Å². The monoisotopic (exact) mass is 324 g/mol. The normalized spacial score (nSPS) is 52.4. The molecule has 0 amide bonds. The summed E-state index contributed by atoms with van der Waals surface area (Å²) in [5, 5.41) is 1.52. The van der Waals surface area contributed by atoms with Crippen LogP contribution in [-0.4, -0.2) is 5.38 Å². The van der Waals surface area contributed by atoms with E-state index >= 15 is 0 Å². The highest BCUT2D eigenvalue weighted by molar-refractivity contribution is 6.30. The molecule has 21 heavy (non-hydrogen) atoms. The van der Waals surface area contributed by atoms with Crippen LogP contribution in [-0.2, 0) is 0 Å². The van der Waals surface area contributed by atoms with Gasteiger partial charge in [-0.15, -0.1) is 11.6 Å². The maximum atomic E-state index is 6.58. The van der Waals surface area contributed by atoms with Crippen molar-refractivity contribution in [2.45, 2.75) is 64.2 Å². The van der Waals surface area contributed by atoms with E-state index in [1.807, 2.05) is 0 Å². The fourth-order valence-electron chi connectivity index (χ4n) is 6.13. The molecule has 116 valence electrons. The van der Waals surface area contributed by atoms with Gasteiger partial charge in [-0.25, -0.2) is 0 Å². The lowest BCUT2D eigenvalue weighted by atomic mass is 9.48. The van der Waals surface area contributed by atoms with E-state index < -0.39 is 0 Å². The number of halogens is 2. The molecule has 2 heteroatoms. The lowest BCUT2D eigenvalue weighted by molar-refractivity contribution is -0.0141. The zero-order chi connectivity index (χ0) is 14.8. The number of hydrogen-bond acceptors (Lipinski definition) is 0. The topological polar surface area (TPSA) is 0 Å². The number of allylic oxidation sites excluding steroid dienone is 4. The van der Waals surface area contributed by atoms with E-state index in [2.05, 4.69) is 26.0 Å². The van der Waals surface area contributed by atoms with Crippen molar-refractivity contribution in [1.82, 2.24) is 0 Å². The van der Waals surface area contributed by atoms with Gasteiger partial charge in [0.2, 0.25) is 0 Å². The summed E-state index contributed by atoms with van der Waals surface area (Å²) in [6.45, 7) is 4.95. The quantitative estimate of drug-likeness (QED) is 0.363. The minimum Gasteiger partial charge on any atom is -0.123 e. The van der Waals surface area contributed by atoms with Crippen molar-refractivity contribution in [3.05, 3.63) is 22.8 Å². The fourth-order valence-corrected chi connectivity index (χ4v) is 6.73. The second-order valence-electron chi connectivity index (χ2n) is 8.34. The predicted octanol–water partition coefficient (Wildman–Crippen LogP) is 6.29. The van der Waals surface area contributed by atoms with Gasteiger partial charge in [0.25, 0.3) is 0 Å². The summed E-state index contributed by atoms with van der Waals surface area (Å²) in [6, 6.07) is 0. The molecule has 6 atom stereocenters. The Bertz CT molecular complexity index is 520. The first kappa shape index (κ1) is 14.6. The lowest BCUT2D eigenvalue weighted by Gasteiger charge is -2.57. The Morgan fingerprint density at radius 3 is 2.57 bits per heavy atom. The van der Waals surface area contributed by atoms with E-state index in [4.69, 9.17) is 23.2 Å². The maximum Gasteiger partial charge on any atom is 0.0373 e. The summed E-state index contributed by atoms with van der Waals surface area (Å²) in [5.41, 5.74) is 2.37. The Kier molecular flexibility index (Phi) is 3.33. The molecule has 0 aromatic rings. The first-order chi connectivity index (χ1) is 9.95. The third kappa shape index (κ3) is 1.94.